The first-order valence-corrected chi connectivity index (χ1v) is 17.4. The van der Waals surface area contributed by atoms with Crippen molar-refractivity contribution in [3.63, 3.8) is 0 Å². The van der Waals surface area contributed by atoms with E-state index in [0.29, 0.717) is 23.0 Å². The van der Waals surface area contributed by atoms with Crippen LogP contribution in [-0.4, -0.2) is 42.3 Å². The van der Waals surface area contributed by atoms with Crippen molar-refractivity contribution < 1.29 is 33.3 Å². The number of carbonyl (C=O) groups is 2. The number of esters is 1. The van der Waals surface area contributed by atoms with E-state index in [1.54, 1.807) is 19.1 Å². The van der Waals surface area contributed by atoms with Gasteiger partial charge in [0, 0.05) is 22.6 Å². The van der Waals surface area contributed by atoms with Crippen LogP contribution in [0.15, 0.2) is 60.7 Å². The van der Waals surface area contributed by atoms with E-state index in [0.717, 1.165) is 36.2 Å². The first-order chi connectivity index (χ1) is 22.6. The minimum Gasteiger partial charge on any atom is -0.462 e. The summed E-state index contributed by atoms with van der Waals surface area (Å²) in [6.45, 7) is 9.93. The largest absolute Gasteiger partial charge is 0.462 e. The number of benzene rings is 2. The van der Waals surface area contributed by atoms with Crippen LogP contribution in [0.5, 0.6) is 0 Å². The SMILES string of the molecule is C=C(C)C(=O)OCC(CO)c1ccc(-c2ccc(C3CCC(C4CCC(CCCCC)CC4)CC3)c(F)c2)c(F)c1.C=C(C=O)CO. The standard InChI is InChI=1S/C36H48F2O3.C4H6O2/c1-4-5-6-7-25-8-10-26(11-9-25)27-12-14-28(15-13-27)32-19-17-30(21-35(32)38)33-18-16-29(20-34(33)37)31(22-39)23-41-36(40)24(2)3;1-4(2-5)3-6/h16-21,25-28,31,39H,2,4-15,22-23H2,1,3H3;2,6H,1,3H2. The molecule has 4 rings (SSSR count). The Bertz CT molecular complexity index is 1320. The molecule has 0 amide bonds. The van der Waals surface area contributed by atoms with Gasteiger partial charge in [-0.25, -0.2) is 13.6 Å². The lowest BCUT2D eigenvalue weighted by atomic mass is 9.68. The van der Waals surface area contributed by atoms with E-state index in [1.807, 2.05) is 12.1 Å². The predicted molar refractivity (Wildman–Crippen MR) is 184 cm³/mol. The van der Waals surface area contributed by atoms with Crippen molar-refractivity contribution in [1.29, 1.82) is 0 Å². The van der Waals surface area contributed by atoms with Crippen LogP contribution < -0.4 is 0 Å². The van der Waals surface area contributed by atoms with Crippen LogP contribution in [0.4, 0.5) is 8.78 Å². The maximum atomic E-state index is 15.4. The molecule has 258 valence electrons. The van der Waals surface area contributed by atoms with Gasteiger partial charge in [-0.3, -0.25) is 4.79 Å². The van der Waals surface area contributed by atoms with Gasteiger partial charge in [0.05, 0.1) is 13.2 Å². The molecule has 0 spiro atoms. The summed E-state index contributed by atoms with van der Waals surface area (Å²) in [4.78, 5) is 21.2. The zero-order chi connectivity index (χ0) is 34.3. The average Bonchev–Trinajstić information content (AvgIpc) is 3.09. The predicted octanol–water partition coefficient (Wildman–Crippen LogP) is 9.22. The summed E-state index contributed by atoms with van der Waals surface area (Å²) < 4.78 is 35.7. The minimum absolute atomic E-state index is 0.0765. The maximum absolute atomic E-state index is 15.4. The number of aldehydes is 1. The van der Waals surface area contributed by atoms with Crippen molar-refractivity contribution >= 4 is 12.3 Å². The number of unbranched alkanes of at least 4 members (excludes halogenated alkanes) is 2. The van der Waals surface area contributed by atoms with Crippen LogP contribution in [0.2, 0.25) is 0 Å². The van der Waals surface area contributed by atoms with Crippen molar-refractivity contribution in [2.24, 2.45) is 17.8 Å². The highest BCUT2D eigenvalue weighted by atomic mass is 19.1. The lowest BCUT2D eigenvalue weighted by molar-refractivity contribution is -0.139. The van der Waals surface area contributed by atoms with Crippen molar-refractivity contribution in [2.75, 3.05) is 19.8 Å². The van der Waals surface area contributed by atoms with E-state index in [9.17, 15) is 14.7 Å². The van der Waals surface area contributed by atoms with Crippen LogP contribution in [0.1, 0.15) is 114 Å². The zero-order valence-corrected chi connectivity index (χ0v) is 28.3. The molecule has 2 saturated carbocycles. The molecule has 0 radical (unpaired) electrons. The third-order valence-electron chi connectivity index (χ3n) is 10.1. The minimum atomic E-state index is -0.558. The molecule has 2 fully saturated rings. The van der Waals surface area contributed by atoms with Gasteiger partial charge in [0.15, 0.2) is 0 Å². The molecule has 2 aromatic rings. The fraction of sp³-hybridized carbons (Fsp3) is 0.550. The zero-order valence-electron chi connectivity index (χ0n) is 28.3. The van der Waals surface area contributed by atoms with Gasteiger partial charge in [0.25, 0.3) is 0 Å². The third kappa shape index (κ3) is 11.5. The van der Waals surface area contributed by atoms with E-state index in [1.165, 1.54) is 76.3 Å². The van der Waals surface area contributed by atoms with Gasteiger partial charge < -0.3 is 14.9 Å². The van der Waals surface area contributed by atoms with E-state index < -0.39 is 17.7 Å². The van der Waals surface area contributed by atoms with E-state index >= 15 is 8.78 Å². The second-order valence-corrected chi connectivity index (χ2v) is 13.6. The summed E-state index contributed by atoms with van der Waals surface area (Å²) in [7, 11) is 0. The van der Waals surface area contributed by atoms with Crippen LogP contribution in [-0.2, 0) is 14.3 Å². The van der Waals surface area contributed by atoms with Crippen molar-refractivity contribution in [1.82, 2.24) is 0 Å². The van der Waals surface area contributed by atoms with Crippen LogP contribution in [0.3, 0.4) is 0 Å². The summed E-state index contributed by atoms with van der Waals surface area (Å²) in [5.74, 6) is 0.920. The van der Waals surface area contributed by atoms with Gasteiger partial charge in [-0.15, -0.1) is 0 Å². The Morgan fingerprint density at radius 2 is 1.60 bits per heavy atom. The number of carbonyl (C=O) groups excluding carboxylic acids is 2. The molecular formula is C40H54F2O5. The summed E-state index contributed by atoms with van der Waals surface area (Å²) >= 11 is 0. The fourth-order valence-electron chi connectivity index (χ4n) is 7.17. The van der Waals surface area contributed by atoms with E-state index in [4.69, 9.17) is 9.84 Å². The number of aliphatic hydroxyl groups is 2. The van der Waals surface area contributed by atoms with Gasteiger partial charge in [-0.2, -0.15) is 0 Å². The van der Waals surface area contributed by atoms with Crippen LogP contribution in [0.25, 0.3) is 11.1 Å². The fourth-order valence-corrected chi connectivity index (χ4v) is 7.17. The molecule has 7 heteroatoms. The van der Waals surface area contributed by atoms with Crippen molar-refractivity contribution in [3.05, 3.63) is 83.5 Å². The van der Waals surface area contributed by atoms with Gasteiger partial charge in [-0.05, 0) is 97.9 Å². The van der Waals surface area contributed by atoms with E-state index in [2.05, 4.69) is 20.1 Å². The Balaban J connectivity index is 0.000000913. The molecule has 0 aromatic heterocycles. The molecule has 1 unspecified atom stereocenters. The highest BCUT2D eigenvalue weighted by molar-refractivity contribution is 5.86. The van der Waals surface area contributed by atoms with Crippen LogP contribution >= 0.6 is 0 Å². The number of aliphatic hydroxyl groups excluding tert-OH is 2. The second kappa shape index (κ2) is 19.6. The second-order valence-electron chi connectivity index (χ2n) is 13.6. The Morgan fingerprint density at radius 1 is 0.936 bits per heavy atom. The summed E-state index contributed by atoms with van der Waals surface area (Å²) in [5, 5.41) is 17.8. The lowest BCUT2D eigenvalue weighted by Gasteiger charge is -2.38. The van der Waals surface area contributed by atoms with E-state index in [-0.39, 0.29) is 42.7 Å². The number of hydrogen-bond donors (Lipinski definition) is 2. The Labute approximate surface area is 280 Å². The molecule has 2 aliphatic carbocycles. The van der Waals surface area contributed by atoms with Gasteiger partial charge in [-0.1, -0.05) is 82.9 Å². The first-order valence-electron chi connectivity index (χ1n) is 17.4. The number of rotatable bonds is 14. The molecule has 2 N–H and O–H groups in total. The molecule has 2 aliphatic rings. The van der Waals surface area contributed by atoms with Gasteiger partial charge in [0.1, 0.15) is 24.5 Å². The number of hydrogen-bond acceptors (Lipinski definition) is 5. The van der Waals surface area contributed by atoms with Crippen LogP contribution in [0, 0.1) is 29.4 Å². The topological polar surface area (TPSA) is 83.8 Å². The Hall–Kier alpha value is -3.16. The molecule has 2 aromatic carbocycles. The van der Waals surface area contributed by atoms with Crippen molar-refractivity contribution in [2.45, 2.75) is 103 Å². The number of halogens is 2. The number of ether oxygens (including phenoxy) is 1. The summed E-state index contributed by atoms with van der Waals surface area (Å²) in [5.41, 5.74) is 2.55. The monoisotopic (exact) mass is 652 g/mol. The quantitative estimate of drug-likeness (QED) is 0.0920. The Kier molecular flexibility index (Phi) is 16.0. The molecule has 47 heavy (non-hydrogen) atoms. The maximum Gasteiger partial charge on any atom is 0.333 e. The molecule has 0 bridgehead atoms. The highest BCUT2D eigenvalue weighted by Crippen LogP contribution is 2.45. The molecule has 0 saturated heterocycles. The first kappa shape index (κ1) is 38.3. The van der Waals surface area contributed by atoms with Gasteiger partial charge in [0.2, 0.25) is 0 Å². The molecule has 1 atom stereocenters. The highest BCUT2D eigenvalue weighted by Gasteiger charge is 2.32. The molecule has 0 aliphatic heterocycles. The third-order valence-corrected chi connectivity index (χ3v) is 10.1. The lowest BCUT2D eigenvalue weighted by Crippen LogP contribution is -2.25. The molecular weight excluding hydrogens is 598 g/mol. The smallest absolute Gasteiger partial charge is 0.333 e. The molecule has 0 heterocycles. The summed E-state index contributed by atoms with van der Waals surface area (Å²) in [6.07, 6.45) is 15.9. The Morgan fingerprint density at radius 3 is 2.11 bits per heavy atom. The summed E-state index contributed by atoms with van der Waals surface area (Å²) in [6, 6.07) is 9.75. The molecule has 5 nitrogen and oxygen atoms in total. The van der Waals surface area contributed by atoms with Gasteiger partial charge >= 0.3 is 5.97 Å². The average molecular weight is 653 g/mol. The van der Waals surface area contributed by atoms with Crippen molar-refractivity contribution in [3.8, 4) is 11.1 Å². The normalized spacial score (nSPS) is 21.6.